The lowest BCUT2D eigenvalue weighted by Gasteiger charge is -2.32. The Hall–Kier alpha value is -1.90. The minimum atomic E-state index is -4.35. The van der Waals surface area contributed by atoms with Gasteiger partial charge < -0.3 is 9.64 Å². The topological polar surface area (TPSA) is 58.6 Å². The van der Waals surface area contributed by atoms with E-state index in [1.54, 1.807) is 25.7 Å². The van der Waals surface area contributed by atoms with Gasteiger partial charge in [0.1, 0.15) is 5.60 Å². The van der Waals surface area contributed by atoms with Gasteiger partial charge in [-0.2, -0.15) is 13.2 Å². The number of benzene rings is 1. The van der Waals surface area contributed by atoms with Crippen molar-refractivity contribution in [1.29, 1.82) is 0 Å². The predicted molar refractivity (Wildman–Crippen MR) is 101 cm³/mol. The second-order valence-corrected chi connectivity index (χ2v) is 8.47. The van der Waals surface area contributed by atoms with Gasteiger partial charge in [-0.25, -0.2) is 4.79 Å². The molecule has 0 saturated carbocycles. The average Bonchev–Trinajstić information content (AvgIpc) is 2.60. The number of carbonyl (C=O) groups excluding carboxylic acids is 2. The van der Waals surface area contributed by atoms with E-state index in [-0.39, 0.29) is 17.9 Å². The van der Waals surface area contributed by atoms with Crippen LogP contribution in [0.2, 0.25) is 0 Å². The third-order valence-corrected chi connectivity index (χ3v) is 5.03. The van der Waals surface area contributed by atoms with E-state index in [1.807, 2.05) is 0 Å². The number of carbonyl (C=O) groups is 2. The lowest BCUT2D eigenvalue weighted by Crippen LogP contribution is -2.44. The third-order valence-electron chi connectivity index (χ3n) is 4.21. The number of hydrogen-bond donors (Lipinski definition) is 1. The van der Waals surface area contributed by atoms with E-state index in [1.165, 1.54) is 12.1 Å². The Morgan fingerprint density at radius 1 is 1.14 bits per heavy atom. The number of nitrogens with one attached hydrogen (secondary N) is 1. The predicted octanol–water partition coefficient (Wildman–Crippen LogP) is 4.62. The fourth-order valence-electron chi connectivity index (χ4n) is 2.71. The molecular formula is C19H25F3N2O3S. The Labute approximate surface area is 167 Å². The first kappa shape index (κ1) is 22.4. The first-order valence-electron chi connectivity index (χ1n) is 9.01. The molecule has 1 fully saturated rings. The molecule has 0 aliphatic carbocycles. The fourth-order valence-corrected chi connectivity index (χ4v) is 3.45. The molecule has 1 aliphatic rings. The maximum Gasteiger partial charge on any atom is 0.416 e. The Morgan fingerprint density at radius 2 is 1.71 bits per heavy atom. The van der Waals surface area contributed by atoms with Crippen molar-refractivity contribution >= 4 is 23.9 Å². The summed E-state index contributed by atoms with van der Waals surface area (Å²) in [6.07, 6.45) is -3.63. The van der Waals surface area contributed by atoms with Crippen LogP contribution in [0.3, 0.4) is 0 Å². The van der Waals surface area contributed by atoms with Crippen molar-refractivity contribution in [2.24, 2.45) is 5.92 Å². The molecule has 28 heavy (non-hydrogen) atoms. The molecule has 0 bridgehead atoms. The number of piperidine rings is 1. The van der Waals surface area contributed by atoms with Crippen LogP contribution in [0.5, 0.6) is 0 Å². The van der Waals surface area contributed by atoms with Crippen LogP contribution in [-0.4, -0.2) is 35.6 Å². The van der Waals surface area contributed by atoms with Crippen molar-refractivity contribution in [2.45, 2.75) is 51.1 Å². The molecule has 1 heterocycles. The number of likely N-dealkylation sites (tertiary alicyclic amines) is 1. The van der Waals surface area contributed by atoms with Crippen LogP contribution in [0.4, 0.5) is 18.0 Å². The average molecular weight is 418 g/mol. The molecule has 2 amide bonds. The Morgan fingerprint density at radius 3 is 2.21 bits per heavy atom. The van der Waals surface area contributed by atoms with Crippen LogP contribution in [0, 0.1) is 5.92 Å². The highest BCUT2D eigenvalue weighted by Gasteiger charge is 2.31. The highest BCUT2D eigenvalue weighted by Crippen LogP contribution is 2.29. The quantitative estimate of drug-likeness (QED) is 0.725. The molecule has 5 nitrogen and oxygen atoms in total. The van der Waals surface area contributed by atoms with Gasteiger partial charge in [0.05, 0.1) is 5.56 Å². The molecular weight excluding hydrogens is 393 g/mol. The molecule has 0 atom stereocenters. The summed E-state index contributed by atoms with van der Waals surface area (Å²) in [5.74, 6) is 0.0558. The van der Waals surface area contributed by atoms with Crippen LogP contribution >= 0.6 is 11.9 Å². The number of nitrogens with zero attached hydrogens (tertiary/aromatic N) is 1. The Kier molecular flexibility index (Phi) is 7.25. The highest BCUT2D eigenvalue weighted by molar-refractivity contribution is 7.97. The first-order chi connectivity index (χ1) is 13.0. The molecule has 1 aliphatic heterocycles. The number of ether oxygens (including phenoxy) is 1. The zero-order chi connectivity index (χ0) is 20.9. The van der Waals surface area contributed by atoms with Gasteiger partial charge in [0.2, 0.25) is 5.91 Å². The summed E-state index contributed by atoms with van der Waals surface area (Å²) < 4.78 is 45.7. The molecule has 0 radical (unpaired) electrons. The lowest BCUT2D eigenvalue weighted by molar-refractivity contribution is -0.137. The summed E-state index contributed by atoms with van der Waals surface area (Å²) in [4.78, 5) is 25.9. The molecule has 9 heteroatoms. The summed E-state index contributed by atoms with van der Waals surface area (Å²) in [7, 11) is 0. The van der Waals surface area contributed by atoms with Crippen LogP contribution < -0.4 is 4.72 Å². The third kappa shape index (κ3) is 6.92. The summed E-state index contributed by atoms with van der Waals surface area (Å²) >= 11 is 1.15. The van der Waals surface area contributed by atoms with Crippen molar-refractivity contribution in [3.8, 4) is 0 Å². The molecule has 1 aromatic rings. The molecule has 0 aromatic heterocycles. The van der Waals surface area contributed by atoms with Crippen molar-refractivity contribution in [3.05, 3.63) is 35.4 Å². The summed E-state index contributed by atoms with van der Waals surface area (Å²) in [5.41, 5.74) is -0.555. The van der Waals surface area contributed by atoms with Crippen LogP contribution in [0.25, 0.3) is 0 Å². The van der Waals surface area contributed by atoms with E-state index < -0.39 is 17.3 Å². The zero-order valence-corrected chi connectivity index (χ0v) is 17.0. The maximum absolute atomic E-state index is 12.5. The number of halogens is 3. The first-order valence-corrected chi connectivity index (χ1v) is 10.00. The molecule has 1 saturated heterocycles. The highest BCUT2D eigenvalue weighted by atomic mass is 32.2. The standard InChI is InChI=1S/C19H25F3N2O3S/c1-18(2,3)27-17(26)24-10-8-14(9-11-24)16(25)23-28-12-13-4-6-15(7-5-13)19(20,21)22/h4-7,14H,8-12H2,1-3H3,(H,23,25). The number of alkyl halides is 3. The van der Waals surface area contributed by atoms with Gasteiger partial charge >= 0.3 is 12.3 Å². The van der Waals surface area contributed by atoms with Gasteiger partial charge in [0, 0.05) is 24.8 Å². The van der Waals surface area contributed by atoms with Gasteiger partial charge in [-0.05, 0) is 63.3 Å². The number of amides is 2. The van der Waals surface area contributed by atoms with Crippen LogP contribution in [0.15, 0.2) is 24.3 Å². The second-order valence-electron chi connectivity index (χ2n) is 7.69. The normalized spacial score (nSPS) is 16.0. The van der Waals surface area contributed by atoms with Gasteiger partial charge in [-0.15, -0.1) is 0 Å². The minimum absolute atomic E-state index is 0.124. The van der Waals surface area contributed by atoms with E-state index in [4.69, 9.17) is 4.74 Å². The molecule has 2 rings (SSSR count). The van der Waals surface area contributed by atoms with E-state index in [0.717, 1.165) is 24.1 Å². The SMILES string of the molecule is CC(C)(C)OC(=O)N1CCC(C(=O)NSCc2ccc(C(F)(F)F)cc2)CC1. The van der Waals surface area contributed by atoms with E-state index >= 15 is 0 Å². The van der Waals surface area contributed by atoms with Gasteiger partial charge in [-0.1, -0.05) is 12.1 Å². The summed E-state index contributed by atoms with van der Waals surface area (Å²) in [5, 5.41) is 0. The Bertz CT molecular complexity index is 679. The van der Waals surface area contributed by atoms with Crippen LogP contribution in [0.1, 0.15) is 44.7 Å². The number of rotatable bonds is 4. The Balaban J connectivity index is 1.72. The zero-order valence-electron chi connectivity index (χ0n) is 16.1. The van der Waals surface area contributed by atoms with Gasteiger partial charge in [-0.3, -0.25) is 9.52 Å². The lowest BCUT2D eigenvalue weighted by atomic mass is 9.97. The molecule has 1 aromatic carbocycles. The van der Waals surface area contributed by atoms with E-state index in [2.05, 4.69) is 4.72 Å². The molecule has 0 spiro atoms. The fraction of sp³-hybridized carbons (Fsp3) is 0.579. The van der Waals surface area contributed by atoms with E-state index in [9.17, 15) is 22.8 Å². The smallest absolute Gasteiger partial charge is 0.416 e. The maximum atomic E-state index is 12.5. The minimum Gasteiger partial charge on any atom is -0.444 e. The number of hydrogen-bond acceptors (Lipinski definition) is 4. The van der Waals surface area contributed by atoms with Crippen molar-refractivity contribution in [2.75, 3.05) is 13.1 Å². The molecule has 156 valence electrons. The van der Waals surface area contributed by atoms with Crippen molar-refractivity contribution in [3.63, 3.8) is 0 Å². The summed E-state index contributed by atoms with van der Waals surface area (Å²) in [6.45, 7) is 6.32. The summed E-state index contributed by atoms with van der Waals surface area (Å²) in [6, 6.07) is 4.87. The monoisotopic (exact) mass is 418 g/mol. The largest absolute Gasteiger partial charge is 0.444 e. The van der Waals surface area contributed by atoms with Crippen molar-refractivity contribution < 1.29 is 27.5 Å². The van der Waals surface area contributed by atoms with Crippen molar-refractivity contribution in [1.82, 2.24) is 9.62 Å². The molecule has 0 unspecified atom stereocenters. The second kappa shape index (κ2) is 9.07. The van der Waals surface area contributed by atoms with Gasteiger partial charge in [0.25, 0.3) is 0 Å². The van der Waals surface area contributed by atoms with Gasteiger partial charge in [0.15, 0.2) is 0 Å². The van der Waals surface area contributed by atoms with E-state index in [0.29, 0.717) is 37.2 Å². The molecule has 1 N–H and O–H groups in total. The van der Waals surface area contributed by atoms with Crippen LogP contribution in [-0.2, 0) is 21.5 Å².